The number of piperidine rings is 1. The van der Waals surface area contributed by atoms with Crippen molar-refractivity contribution in [2.75, 3.05) is 11.9 Å². The van der Waals surface area contributed by atoms with Gasteiger partial charge in [-0.1, -0.05) is 17.7 Å². The van der Waals surface area contributed by atoms with E-state index in [0.717, 1.165) is 24.3 Å². The van der Waals surface area contributed by atoms with E-state index in [1.807, 2.05) is 17.5 Å². The molecule has 2 atom stereocenters. The first-order valence-corrected chi connectivity index (χ1v) is 9.93. The molecule has 1 aliphatic rings. The Balaban J connectivity index is 1.64. The molecule has 26 heavy (non-hydrogen) atoms. The number of carbonyl (C=O) groups excluding carboxylic acids is 2. The molecule has 1 fully saturated rings. The SMILES string of the molecule is C[C@H]1C[C@@H](C(=O)Nc2ccc(Cl)c(C(=O)NCc3cccs3)c2)CCN1. The number of carbonyl (C=O) groups is 2. The van der Waals surface area contributed by atoms with Crippen molar-refractivity contribution in [1.82, 2.24) is 10.6 Å². The molecule has 1 aromatic carbocycles. The van der Waals surface area contributed by atoms with E-state index in [1.165, 1.54) is 0 Å². The second-order valence-electron chi connectivity index (χ2n) is 6.52. The average Bonchev–Trinajstić information content (AvgIpc) is 3.15. The minimum atomic E-state index is -0.255. The summed E-state index contributed by atoms with van der Waals surface area (Å²) in [6.45, 7) is 3.38. The summed E-state index contributed by atoms with van der Waals surface area (Å²) >= 11 is 7.76. The molecule has 0 aliphatic carbocycles. The van der Waals surface area contributed by atoms with Crippen molar-refractivity contribution in [3.05, 3.63) is 51.2 Å². The van der Waals surface area contributed by atoms with Crippen LogP contribution in [0.3, 0.4) is 0 Å². The van der Waals surface area contributed by atoms with Gasteiger partial charge in [0.2, 0.25) is 5.91 Å². The molecule has 1 aromatic heterocycles. The van der Waals surface area contributed by atoms with Gasteiger partial charge in [-0.2, -0.15) is 0 Å². The zero-order valence-electron chi connectivity index (χ0n) is 14.5. The van der Waals surface area contributed by atoms with E-state index in [2.05, 4.69) is 22.9 Å². The summed E-state index contributed by atoms with van der Waals surface area (Å²) in [6, 6.07) is 9.24. The molecule has 2 aromatic rings. The average molecular weight is 392 g/mol. The van der Waals surface area contributed by atoms with E-state index >= 15 is 0 Å². The van der Waals surface area contributed by atoms with Gasteiger partial charge in [0, 0.05) is 22.5 Å². The summed E-state index contributed by atoms with van der Waals surface area (Å²) in [7, 11) is 0. The maximum Gasteiger partial charge on any atom is 0.253 e. The second kappa shape index (κ2) is 8.66. The van der Waals surface area contributed by atoms with Crippen LogP contribution in [0.2, 0.25) is 5.02 Å². The van der Waals surface area contributed by atoms with Gasteiger partial charge < -0.3 is 16.0 Å². The predicted octanol–water partition coefficient (Wildman–Crippen LogP) is 3.66. The number of rotatable bonds is 5. The molecule has 0 spiro atoms. The molecule has 2 amide bonds. The van der Waals surface area contributed by atoms with Gasteiger partial charge in [0.1, 0.15) is 0 Å². The molecule has 2 heterocycles. The Bertz CT molecular complexity index is 779. The third-order valence-electron chi connectivity index (χ3n) is 4.48. The van der Waals surface area contributed by atoms with Crippen molar-refractivity contribution < 1.29 is 9.59 Å². The fraction of sp³-hybridized carbons (Fsp3) is 0.368. The molecule has 138 valence electrons. The van der Waals surface area contributed by atoms with Gasteiger partial charge in [0.05, 0.1) is 17.1 Å². The molecule has 3 N–H and O–H groups in total. The van der Waals surface area contributed by atoms with Crippen molar-refractivity contribution in [3.8, 4) is 0 Å². The topological polar surface area (TPSA) is 70.2 Å². The van der Waals surface area contributed by atoms with Gasteiger partial charge in [-0.15, -0.1) is 11.3 Å². The lowest BCUT2D eigenvalue weighted by Crippen LogP contribution is -2.40. The van der Waals surface area contributed by atoms with Crippen molar-refractivity contribution >= 4 is 40.4 Å². The number of amides is 2. The predicted molar refractivity (Wildman–Crippen MR) is 106 cm³/mol. The highest BCUT2D eigenvalue weighted by Gasteiger charge is 2.25. The summed E-state index contributed by atoms with van der Waals surface area (Å²) in [6.07, 6.45) is 1.63. The summed E-state index contributed by atoms with van der Waals surface area (Å²) in [5.41, 5.74) is 0.951. The van der Waals surface area contributed by atoms with E-state index in [0.29, 0.717) is 28.9 Å². The van der Waals surface area contributed by atoms with Gasteiger partial charge in [-0.25, -0.2) is 0 Å². The Labute approximate surface area is 162 Å². The summed E-state index contributed by atoms with van der Waals surface area (Å²) in [4.78, 5) is 26.0. The smallest absolute Gasteiger partial charge is 0.253 e. The molecule has 0 radical (unpaired) electrons. The van der Waals surface area contributed by atoms with Crippen molar-refractivity contribution in [2.24, 2.45) is 5.92 Å². The number of thiophene rings is 1. The number of benzene rings is 1. The quantitative estimate of drug-likeness (QED) is 0.728. The summed E-state index contributed by atoms with van der Waals surface area (Å²) < 4.78 is 0. The van der Waals surface area contributed by atoms with E-state index in [-0.39, 0.29) is 17.7 Å². The zero-order valence-corrected chi connectivity index (χ0v) is 16.1. The maximum atomic E-state index is 12.5. The number of hydrogen-bond donors (Lipinski definition) is 3. The molecule has 0 bridgehead atoms. The fourth-order valence-corrected chi connectivity index (χ4v) is 3.92. The van der Waals surface area contributed by atoms with Crippen molar-refractivity contribution in [1.29, 1.82) is 0 Å². The van der Waals surface area contributed by atoms with Crippen LogP contribution < -0.4 is 16.0 Å². The summed E-state index contributed by atoms with van der Waals surface area (Å²) in [5, 5.41) is 11.4. The Morgan fingerprint density at radius 3 is 2.92 bits per heavy atom. The Kier molecular flexibility index (Phi) is 6.29. The fourth-order valence-electron chi connectivity index (χ4n) is 3.07. The van der Waals surface area contributed by atoms with Crippen LogP contribution in [0, 0.1) is 5.92 Å². The van der Waals surface area contributed by atoms with E-state index in [9.17, 15) is 9.59 Å². The van der Waals surface area contributed by atoms with Crippen LogP contribution in [0.25, 0.3) is 0 Å². The monoisotopic (exact) mass is 391 g/mol. The van der Waals surface area contributed by atoms with Crippen molar-refractivity contribution in [3.63, 3.8) is 0 Å². The Morgan fingerprint density at radius 2 is 2.19 bits per heavy atom. The Hall–Kier alpha value is -1.89. The lowest BCUT2D eigenvalue weighted by Gasteiger charge is -2.27. The number of halogens is 1. The molecule has 5 nitrogen and oxygen atoms in total. The standard InChI is InChI=1S/C19H22ClN3O2S/c1-12-9-13(6-7-21-12)18(24)23-14-4-5-17(20)16(10-14)19(25)22-11-15-3-2-8-26-15/h2-5,8,10,12-13,21H,6-7,9,11H2,1H3,(H,22,25)(H,23,24)/t12-,13-/m0/s1. The Morgan fingerprint density at radius 1 is 1.35 bits per heavy atom. The van der Waals surface area contributed by atoms with Crippen LogP contribution in [0.15, 0.2) is 35.7 Å². The van der Waals surface area contributed by atoms with Gasteiger partial charge in [0.15, 0.2) is 0 Å². The van der Waals surface area contributed by atoms with Crippen LogP contribution >= 0.6 is 22.9 Å². The van der Waals surface area contributed by atoms with Gasteiger partial charge >= 0.3 is 0 Å². The van der Waals surface area contributed by atoms with Crippen molar-refractivity contribution in [2.45, 2.75) is 32.4 Å². The van der Waals surface area contributed by atoms with Crippen LogP contribution in [-0.4, -0.2) is 24.4 Å². The minimum absolute atomic E-state index is 0.00869. The van der Waals surface area contributed by atoms with Crippen LogP contribution in [-0.2, 0) is 11.3 Å². The molecular formula is C19H22ClN3O2S. The second-order valence-corrected chi connectivity index (χ2v) is 7.96. The number of hydrogen-bond acceptors (Lipinski definition) is 4. The third kappa shape index (κ3) is 4.84. The molecule has 0 unspecified atom stereocenters. The molecule has 1 aliphatic heterocycles. The largest absolute Gasteiger partial charge is 0.347 e. The normalized spacial score (nSPS) is 19.8. The van der Waals surface area contributed by atoms with E-state index in [1.54, 1.807) is 29.5 Å². The van der Waals surface area contributed by atoms with Crippen LogP contribution in [0.4, 0.5) is 5.69 Å². The third-order valence-corrected chi connectivity index (χ3v) is 5.68. The first kappa shape index (κ1) is 18.9. The number of anilines is 1. The minimum Gasteiger partial charge on any atom is -0.347 e. The molecule has 7 heteroatoms. The maximum absolute atomic E-state index is 12.5. The van der Waals surface area contributed by atoms with Crippen LogP contribution in [0.1, 0.15) is 35.0 Å². The lowest BCUT2D eigenvalue weighted by molar-refractivity contribution is -0.120. The lowest BCUT2D eigenvalue weighted by atomic mass is 9.92. The van der Waals surface area contributed by atoms with E-state index in [4.69, 9.17) is 11.6 Å². The molecular weight excluding hydrogens is 370 g/mol. The van der Waals surface area contributed by atoms with Gasteiger partial charge in [-0.3, -0.25) is 9.59 Å². The highest BCUT2D eigenvalue weighted by atomic mass is 35.5. The van der Waals surface area contributed by atoms with Crippen LogP contribution in [0.5, 0.6) is 0 Å². The first-order valence-electron chi connectivity index (χ1n) is 8.67. The highest BCUT2D eigenvalue weighted by molar-refractivity contribution is 7.09. The van der Waals surface area contributed by atoms with E-state index < -0.39 is 0 Å². The molecule has 3 rings (SSSR count). The number of nitrogens with one attached hydrogen (secondary N) is 3. The molecule has 1 saturated heterocycles. The zero-order chi connectivity index (χ0) is 18.5. The summed E-state index contributed by atoms with van der Waals surface area (Å²) in [5.74, 6) is -0.279. The molecule has 0 saturated carbocycles. The first-order chi connectivity index (χ1) is 12.5. The van der Waals surface area contributed by atoms with Gasteiger partial charge in [-0.05, 0) is 56.0 Å². The van der Waals surface area contributed by atoms with Gasteiger partial charge in [0.25, 0.3) is 5.91 Å². The highest BCUT2D eigenvalue weighted by Crippen LogP contribution is 2.23.